The highest BCUT2D eigenvalue weighted by atomic mass is 19.4. The first-order chi connectivity index (χ1) is 20.1. The zero-order chi connectivity index (χ0) is 31.4. The summed E-state index contributed by atoms with van der Waals surface area (Å²) in [6.07, 6.45) is -7.20. The fourth-order valence-electron chi connectivity index (χ4n) is 4.34. The fourth-order valence-corrected chi connectivity index (χ4v) is 4.34. The zero-order valence-corrected chi connectivity index (χ0v) is 23.2. The number of rotatable bonds is 10. The maximum Gasteiger partial charge on any atom is 0.417 e. The summed E-state index contributed by atoms with van der Waals surface area (Å²) in [5.74, 6) is -0.318. The van der Waals surface area contributed by atoms with Crippen LogP contribution >= 0.6 is 0 Å². The summed E-state index contributed by atoms with van der Waals surface area (Å²) in [4.78, 5) is 17.6. The highest BCUT2D eigenvalue weighted by Gasteiger charge is 2.33. The van der Waals surface area contributed by atoms with Crippen LogP contribution in [0.3, 0.4) is 0 Å². The minimum atomic E-state index is -4.55. The Bertz CT molecular complexity index is 1530. The molecular weight excluding hydrogens is 574 g/mol. The molecule has 5 nitrogen and oxygen atoms in total. The van der Waals surface area contributed by atoms with Crippen molar-refractivity contribution in [2.24, 2.45) is 0 Å². The van der Waals surface area contributed by atoms with Gasteiger partial charge < -0.3 is 14.7 Å². The highest BCUT2D eigenvalue weighted by Crippen LogP contribution is 2.37. The van der Waals surface area contributed by atoms with E-state index in [2.05, 4.69) is 4.98 Å². The number of aromatic nitrogens is 1. The number of halogens is 6. The lowest BCUT2D eigenvalue weighted by Gasteiger charge is -2.25. The number of hydrogen-bond donors (Lipinski definition) is 1. The number of hydrogen-bond acceptors (Lipinski definition) is 4. The fraction of sp³-hybridized carbons (Fsp3) is 0.250. The number of ether oxygens (including phenoxy) is 1. The Labute approximate surface area is 244 Å². The SMILES string of the molecule is CC(C)(Oc1ccc(CCN(Cc2ccc(C(F)(F)F)cc2)c2ccc(-c3ccccc3C(F)(F)F)cn2)cc1)C(=O)O. The lowest BCUT2D eigenvalue weighted by atomic mass is 10.0. The van der Waals surface area contributed by atoms with E-state index in [1.54, 1.807) is 30.3 Å². The normalized spacial score (nSPS) is 12.2. The second-order valence-electron chi connectivity index (χ2n) is 10.4. The van der Waals surface area contributed by atoms with Gasteiger partial charge in [-0.25, -0.2) is 9.78 Å². The molecule has 0 saturated heterocycles. The van der Waals surface area contributed by atoms with Gasteiger partial charge in [-0.15, -0.1) is 0 Å². The zero-order valence-electron chi connectivity index (χ0n) is 23.2. The minimum Gasteiger partial charge on any atom is -0.478 e. The molecule has 0 saturated carbocycles. The van der Waals surface area contributed by atoms with E-state index in [9.17, 15) is 36.2 Å². The molecule has 0 unspecified atom stereocenters. The van der Waals surface area contributed by atoms with Gasteiger partial charge in [0, 0.05) is 24.8 Å². The number of nitrogens with zero attached hydrogens (tertiary/aromatic N) is 2. The van der Waals surface area contributed by atoms with Crippen molar-refractivity contribution >= 4 is 11.8 Å². The molecule has 4 rings (SSSR count). The Morgan fingerprint density at radius 2 is 1.44 bits per heavy atom. The third-order valence-corrected chi connectivity index (χ3v) is 6.75. The molecule has 0 radical (unpaired) electrons. The summed E-state index contributed by atoms with van der Waals surface area (Å²) in [7, 11) is 0. The summed E-state index contributed by atoms with van der Waals surface area (Å²) < 4.78 is 85.4. The number of benzene rings is 3. The van der Waals surface area contributed by atoms with E-state index in [0.29, 0.717) is 30.1 Å². The average Bonchev–Trinajstić information content (AvgIpc) is 2.95. The highest BCUT2D eigenvalue weighted by molar-refractivity contribution is 5.76. The van der Waals surface area contributed by atoms with Gasteiger partial charge in [0.25, 0.3) is 0 Å². The van der Waals surface area contributed by atoms with E-state index in [1.807, 2.05) is 4.90 Å². The number of alkyl halides is 6. The molecule has 0 aliphatic carbocycles. The van der Waals surface area contributed by atoms with Crippen LogP contribution in [0.15, 0.2) is 91.1 Å². The third kappa shape index (κ3) is 8.06. The first-order valence-corrected chi connectivity index (χ1v) is 13.2. The molecule has 43 heavy (non-hydrogen) atoms. The summed E-state index contributed by atoms with van der Waals surface area (Å²) in [5.41, 5.74) is -1.28. The van der Waals surface area contributed by atoms with Crippen LogP contribution in [0.4, 0.5) is 32.2 Å². The number of pyridine rings is 1. The van der Waals surface area contributed by atoms with Gasteiger partial charge in [-0.05, 0) is 79.4 Å². The largest absolute Gasteiger partial charge is 0.478 e. The van der Waals surface area contributed by atoms with Crippen molar-refractivity contribution in [1.82, 2.24) is 4.98 Å². The molecule has 3 aromatic carbocycles. The smallest absolute Gasteiger partial charge is 0.417 e. The van der Waals surface area contributed by atoms with E-state index in [0.717, 1.165) is 23.8 Å². The first-order valence-electron chi connectivity index (χ1n) is 13.2. The molecule has 0 atom stereocenters. The van der Waals surface area contributed by atoms with Gasteiger partial charge in [0.15, 0.2) is 5.60 Å². The minimum absolute atomic E-state index is 0.0169. The lowest BCUT2D eigenvalue weighted by molar-refractivity contribution is -0.152. The van der Waals surface area contributed by atoms with Gasteiger partial charge in [0.2, 0.25) is 0 Å². The van der Waals surface area contributed by atoms with E-state index in [-0.39, 0.29) is 17.7 Å². The second-order valence-corrected chi connectivity index (χ2v) is 10.4. The van der Waals surface area contributed by atoms with Crippen molar-refractivity contribution < 1.29 is 41.0 Å². The number of aliphatic carboxylic acids is 1. The second kappa shape index (κ2) is 12.4. The Kier molecular flexibility index (Phi) is 9.03. The predicted octanol–water partition coefficient (Wildman–Crippen LogP) is 8.28. The van der Waals surface area contributed by atoms with Crippen LogP contribution in [-0.4, -0.2) is 28.2 Å². The van der Waals surface area contributed by atoms with E-state index < -0.39 is 35.0 Å². The number of carboxylic acid groups (broad SMARTS) is 1. The molecule has 226 valence electrons. The van der Waals surface area contributed by atoms with Gasteiger partial charge >= 0.3 is 18.3 Å². The molecule has 0 spiro atoms. The monoisotopic (exact) mass is 602 g/mol. The van der Waals surface area contributed by atoms with Crippen LogP contribution in [0.25, 0.3) is 11.1 Å². The Balaban J connectivity index is 1.57. The topological polar surface area (TPSA) is 62.7 Å². The molecule has 1 N–H and O–H groups in total. The van der Waals surface area contributed by atoms with Crippen LogP contribution in [0.2, 0.25) is 0 Å². The summed E-state index contributed by atoms with van der Waals surface area (Å²) in [6, 6.07) is 19.9. The van der Waals surface area contributed by atoms with Gasteiger partial charge in [0.05, 0.1) is 11.1 Å². The molecule has 1 aromatic heterocycles. The van der Waals surface area contributed by atoms with Gasteiger partial charge in [-0.1, -0.05) is 42.5 Å². The summed E-state index contributed by atoms with van der Waals surface area (Å²) >= 11 is 0. The standard InChI is InChI=1S/C32H28F6N2O3/c1-30(2,29(41)42)43-25-14-9-21(10-15-25)17-18-40(20-22-7-12-24(13-8-22)31(33,34)35)28-16-11-23(19-39-28)26-5-3-4-6-27(26)32(36,37)38/h3-16,19H,17-18,20H2,1-2H3,(H,41,42). The van der Waals surface area contributed by atoms with Gasteiger partial charge in [-0.2, -0.15) is 26.3 Å². The van der Waals surface area contributed by atoms with Crippen LogP contribution < -0.4 is 9.64 Å². The molecule has 0 amide bonds. The van der Waals surface area contributed by atoms with Crippen LogP contribution in [0.5, 0.6) is 5.75 Å². The summed E-state index contributed by atoms with van der Waals surface area (Å²) in [6.45, 7) is 3.43. The number of carboxylic acids is 1. The van der Waals surface area contributed by atoms with Crippen molar-refractivity contribution in [1.29, 1.82) is 0 Å². The third-order valence-electron chi connectivity index (χ3n) is 6.75. The Morgan fingerprint density at radius 1 is 0.814 bits per heavy atom. The van der Waals surface area contributed by atoms with Gasteiger partial charge in [-0.3, -0.25) is 0 Å². The predicted molar refractivity (Wildman–Crippen MR) is 150 cm³/mol. The van der Waals surface area contributed by atoms with Crippen LogP contribution in [0, 0.1) is 0 Å². The van der Waals surface area contributed by atoms with Crippen molar-refractivity contribution in [3.63, 3.8) is 0 Å². The molecule has 0 aliphatic heterocycles. The number of anilines is 1. The maximum absolute atomic E-state index is 13.6. The molecule has 0 bridgehead atoms. The molecule has 1 heterocycles. The molecule has 4 aromatic rings. The van der Waals surface area contributed by atoms with Crippen molar-refractivity contribution in [2.75, 3.05) is 11.4 Å². The maximum atomic E-state index is 13.6. The van der Waals surface area contributed by atoms with Crippen molar-refractivity contribution in [3.05, 3.63) is 113 Å². The molecule has 11 heteroatoms. The molecule has 0 fully saturated rings. The lowest BCUT2D eigenvalue weighted by Crippen LogP contribution is -2.37. The van der Waals surface area contributed by atoms with Crippen molar-refractivity contribution in [3.8, 4) is 16.9 Å². The van der Waals surface area contributed by atoms with E-state index in [1.165, 1.54) is 56.4 Å². The molecular formula is C32H28F6N2O3. The van der Waals surface area contributed by atoms with E-state index >= 15 is 0 Å². The van der Waals surface area contributed by atoms with Crippen LogP contribution in [-0.2, 0) is 30.1 Å². The number of carbonyl (C=O) groups is 1. The van der Waals surface area contributed by atoms with Gasteiger partial charge in [0.1, 0.15) is 11.6 Å². The quantitative estimate of drug-likeness (QED) is 0.185. The summed E-state index contributed by atoms with van der Waals surface area (Å²) in [5, 5.41) is 9.28. The van der Waals surface area contributed by atoms with E-state index in [4.69, 9.17) is 4.74 Å². The first kappa shape index (κ1) is 31.4. The molecule has 0 aliphatic rings. The Morgan fingerprint density at radius 3 is 2.00 bits per heavy atom. The van der Waals surface area contributed by atoms with Crippen LogP contribution in [0.1, 0.15) is 36.1 Å². The Hall–Kier alpha value is -4.54. The average molecular weight is 603 g/mol. The van der Waals surface area contributed by atoms with Crippen molar-refractivity contribution in [2.45, 2.75) is 44.8 Å².